The third-order valence-electron chi connectivity index (χ3n) is 11.5. The molecule has 12 rings (SSSR count). The van der Waals surface area contributed by atoms with E-state index < -0.39 is 0 Å². The van der Waals surface area contributed by atoms with Crippen LogP contribution in [0.1, 0.15) is 0 Å². The highest BCUT2D eigenvalue weighted by atomic mass is 15.0. The molecule has 0 fully saturated rings. The van der Waals surface area contributed by atoms with Crippen LogP contribution in [0.3, 0.4) is 0 Å². The molecule has 12 aromatic rings. The van der Waals surface area contributed by atoms with Crippen molar-refractivity contribution < 1.29 is 0 Å². The molecule has 0 aliphatic carbocycles. The van der Waals surface area contributed by atoms with Crippen molar-refractivity contribution >= 4 is 65.2 Å². The van der Waals surface area contributed by atoms with E-state index in [1.54, 1.807) is 0 Å². The van der Waals surface area contributed by atoms with Gasteiger partial charge >= 0.3 is 0 Å². The molecule has 0 bridgehead atoms. The Labute approximate surface area is 333 Å². The van der Waals surface area contributed by atoms with Gasteiger partial charge in [0.05, 0.1) is 27.8 Å². The first-order valence-corrected chi connectivity index (χ1v) is 19.6. The highest BCUT2D eigenvalue weighted by Gasteiger charge is 2.24. The van der Waals surface area contributed by atoms with Gasteiger partial charge in [0, 0.05) is 49.3 Å². The van der Waals surface area contributed by atoms with E-state index in [0.717, 1.165) is 44.4 Å². The average molecular weight is 740 g/mol. The molecule has 0 radical (unpaired) electrons. The Morgan fingerprint density at radius 3 is 1.59 bits per heavy atom. The lowest BCUT2D eigenvalue weighted by Crippen LogP contribution is -2.02. The maximum absolute atomic E-state index is 5.15. The Bertz CT molecular complexity index is 3490. The summed E-state index contributed by atoms with van der Waals surface area (Å²) >= 11 is 0. The van der Waals surface area contributed by atoms with Gasteiger partial charge in [-0.1, -0.05) is 158 Å². The van der Waals surface area contributed by atoms with Crippen molar-refractivity contribution in [3.8, 4) is 45.5 Å². The minimum Gasteiger partial charge on any atom is -0.309 e. The van der Waals surface area contributed by atoms with E-state index in [4.69, 9.17) is 15.0 Å². The van der Waals surface area contributed by atoms with Crippen molar-refractivity contribution in [2.75, 3.05) is 0 Å². The number of hydrogen-bond acceptors (Lipinski definition) is 3. The maximum Gasteiger partial charge on any atom is 0.164 e. The van der Waals surface area contributed by atoms with Crippen LogP contribution in [-0.4, -0.2) is 24.1 Å². The largest absolute Gasteiger partial charge is 0.309 e. The van der Waals surface area contributed by atoms with Gasteiger partial charge in [-0.2, -0.15) is 0 Å². The lowest BCUT2D eigenvalue weighted by atomic mass is 10.0. The second-order valence-electron chi connectivity index (χ2n) is 14.8. The summed E-state index contributed by atoms with van der Waals surface area (Å²) in [6.07, 6.45) is 0. The third kappa shape index (κ3) is 4.87. The Hall–Kier alpha value is -7.89. The van der Waals surface area contributed by atoms with E-state index in [1.165, 1.54) is 48.9 Å². The topological polar surface area (TPSA) is 48.5 Å². The van der Waals surface area contributed by atoms with Crippen LogP contribution in [0.5, 0.6) is 0 Å². The van der Waals surface area contributed by atoms with Gasteiger partial charge in [-0.3, -0.25) is 0 Å². The lowest BCUT2D eigenvalue weighted by Gasteiger charge is -2.16. The van der Waals surface area contributed by atoms with E-state index >= 15 is 0 Å². The van der Waals surface area contributed by atoms with Gasteiger partial charge in [-0.15, -0.1) is 0 Å². The van der Waals surface area contributed by atoms with Crippen molar-refractivity contribution in [2.24, 2.45) is 0 Å². The molecule has 0 atom stereocenters. The SMILES string of the molecule is c1ccc(-c2nc(-c3ccccc3)nc(-c3ccc(-n4c5ccc6ccccc6c5c5ccc6c(c7ccccc7n6-c6ccccc6)c54)c4ccccc34)n2)cc1. The normalized spacial score (nSPS) is 11.8. The van der Waals surface area contributed by atoms with Crippen LogP contribution in [0.2, 0.25) is 0 Å². The van der Waals surface area contributed by atoms with Gasteiger partial charge in [-0.25, -0.2) is 15.0 Å². The lowest BCUT2D eigenvalue weighted by molar-refractivity contribution is 1.08. The summed E-state index contributed by atoms with van der Waals surface area (Å²) in [5.41, 5.74) is 9.77. The molecule has 0 aliphatic heterocycles. The first-order valence-electron chi connectivity index (χ1n) is 19.6. The molecule has 3 aromatic heterocycles. The van der Waals surface area contributed by atoms with Crippen LogP contribution in [0.15, 0.2) is 200 Å². The molecule has 0 saturated heterocycles. The predicted molar refractivity (Wildman–Crippen MR) is 240 cm³/mol. The standard InChI is InChI=1S/C53H33N5/c1-4-17-35(18-5-1)51-54-52(36-19-6-2-7-20-36)56-53(55-51)41-29-32-45(40-25-13-12-24-39(40)41)58-46-31-28-34-16-10-11-23-38(34)48(46)43-30-33-47-49(50(43)58)42-26-14-15-27-44(42)57(47)37-21-8-3-9-22-37/h1-33H. The van der Waals surface area contributed by atoms with E-state index in [-0.39, 0.29) is 0 Å². The molecule has 0 unspecified atom stereocenters. The molecule has 0 aliphatic rings. The minimum absolute atomic E-state index is 0.636. The summed E-state index contributed by atoms with van der Waals surface area (Å²) in [6.45, 7) is 0. The van der Waals surface area contributed by atoms with Crippen LogP contribution in [0.25, 0.3) is 111 Å². The average Bonchev–Trinajstić information content (AvgIpc) is 3.82. The first kappa shape index (κ1) is 32.4. The maximum atomic E-state index is 5.15. The van der Waals surface area contributed by atoms with Crippen LogP contribution in [-0.2, 0) is 0 Å². The summed E-state index contributed by atoms with van der Waals surface area (Å²) in [4.78, 5) is 15.3. The molecule has 5 heteroatoms. The Kier molecular flexibility index (Phi) is 7.16. The smallest absolute Gasteiger partial charge is 0.164 e. The first-order chi connectivity index (χ1) is 28.8. The van der Waals surface area contributed by atoms with Crippen molar-refractivity contribution in [3.63, 3.8) is 0 Å². The number of nitrogens with zero attached hydrogens (tertiary/aromatic N) is 5. The number of fused-ring (bicyclic) bond motifs is 10. The fraction of sp³-hybridized carbons (Fsp3) is 0. The molecule has 0 N–H and O–H groups in total. The minimum atomic E-state index is 0.636. The summed E-state index contributed by atoms with van der Waals surface area (Å²) in [7, 11) is 0. The van der Waals surface area contributed by atoms with Crippen molar-refractivity contribution in [1.29, 1.82) is 0 Å². The van der Waals surface area contributed by atoms with Crippen LogP contribution < -0.4 is 0 Å². The predicted octanol–water partition coefficient (Wildman–Crippen LogP) is 13.4. The van der Waals surface area contributed by atoms with Gasteiger partial charge in [-0.05, 0) is 58.6 Å². The molecular weight excluding hydrogens is 707 g/mol. The Morgan fingerprint density at radius 2 is 0.862 bits per heavy atom. The second-order valence-corrected chi connectivity index (χ2v) is 14.8. The number of benzene rings is 9. The highest BCUT2D eigenvalue weighted by Crippen LogP contribution is 2.45. The van der Waals surface area contributed by atoms with Crippen LogP contribution >= 0.6 is 0 Å². The molecule has 9 aromatic carbocycles. The van der Waals surface area contributed by atoms with E-state index in [1.807, 2.05) is 36.4 Å². The molecule has 3 heterocycles. The van der Waals surface area contributed by atoms with Crippen LogP contribution in [0, 0.1) is 0 Å². The van der Waals surface area contributed by atoms with Crippen molar-refractivity contribution in [1.82, 2.24) is 24.1 Å². The number of hydrogen-bond donors (Lipinski definition) is 0. The highest BCUT2D eigenvalue weighted by molar-refractivity contribution is 6.30. The van der Waals surface area contributed by atoms with E-state index in [0.29, 0.717) is 17.5 Å². The van der Waals surface area contributed by atoms with E-state index in [2.05, 4.69) is 173 Å². The zero-order valence-electron chi connectivity index (χ0n) is 31.3. The number of aromatic nitrogens is 5. The molecule has 270 valence electrons. The Balaban J connectivity index is 1.19. The Morgan fingerprint density at radius 1 is 0.310 bits per heavy atom. The summed E-state index contributed by atoms with van der Waals surface area (Å²) in [5, 5.41) is 9.55. The molecule has 0 spiro atoms. The van der Waals surface area contributed by atoms with Crippen molar-refractivity contribution in [2.45, 2.75) is 0 Å². The number of para-hydroxylation sites is 2. The van der Waals surface area contributed by atoms with Crippen LogP contribution in [0.4, 0.5) is 0 Å². The molecule has 0 saturated carbocycles. The van der Waals surface area contributed by atoms with E-state index in [9.17, 15) is 0 Å². The molecule has 58 heavy (non-hydrogen) atoms. The van der Waals surface area contributed by atoms with Gasteiger partial charge in [0.1, 0.15) is 0 Å². The van der Waals surface area contributed by atoms with Gasteiger partial charge in [0.2, 0.25) is 0 Å². The monoisotopic (exact) mass is 739 g/mol. The summed E-state index contributed by atoms with van der Waals surface area (Å²) < 4.78 is 4.91. The van der Waals surface area contributed by atoms with Crippen molar-refractivity contribution in [3.05, 3.63) is 200 Å². The fourth-order valence-corrected chi connectivity index (χ4v) is 9.03. The zero-order valence-corrected chi connectivity index (χ0v) is 31.3. The summed E-state index contributed by atoms with van der Waals surface area (Å²) in [6, 6.07) is 70.9. The van der Waals surface area contributed by atoms with Gasteiger partial charge in [0.25, 0.3) is 0 Å². The molecule has 0 amide bonds. The molecule has 5 nitrogen and oxygen atoms in total. The third-order valence-corrected chi connectivity index (χ3v) is 11.5. The zero-order chi connectivity index (χ0) is 38.2. The van der Waals surface area contributed by atoms with Gasteiger partial charge in [0.15, 0.2) is 17.5 Å². The quantitative estimate of drug-likeness (QED) is 0.177. The molecular formula is C53H33N5. The number of rotatable bonds is 5. The summed E-state index contributed by atoms with van der Waals surface area (Å²) in [5.74, 6) is 1.92. The fourth-order valence-electron chi connectivity index (χ4n) is 9.03. The second kappa shape index (κ2) is 12.8. The van der Waals surface area contributed by atoms with Gasteiger partial charge < -0.3 is 9.13 Å².